The second-order valence-electron chi connectivity index (χ2n) is 5.83. The molecule has 0 aliphatic carbocycles. The van der Waals surface area contributed by atoms with Crippen LogP contribution < -0.4 is 10.1 Å². The van der Waals surface area contributed by atoms with Gasteiger partial charge in [-0.3, -0.25) is 4.79 Å². The number of nitrogens with one attached hydrogen (secondary N) is 1. The Labute approximate surface area is 156 Å². The Morgan fingerprint density at radius 3 is 2.59 bits per heavy atom. The van der Waals surface area contributed by atoms with E-state index in [1.807, 2.05) is 31.2 Å². The molecule has 27 heavy (non-hydrogen) atoms. The number of benzene rings is 1. The third-order valence-corrected chi connectivity index (χ3v) is 3.90. The zero-order valence-corrected chi connectivity index (χ0v) is 15.3. The number of carbonyl (C=O) groups excluding carboxylic acids is 2. The van der Waals surface area contributed by atoms with Crippen LogP contribution in [0.4, 0.5) is 5.69 Å². The van der Waals surface area contributed by atoms with E-state index in [1.54, 1.807) is 29.8 Å². The van der Waals surface area contributed by atoms with E-state index in [9.17, 15) is 9.59 Å². The van der Waals surface area contributed by atoms with E-state index in [0.29, 0.717) is 23.4 Å². The van der Waals surface area contributed by atoms with Gasteiger partial charge in [-0.05, 0) is 43.7 Å². The topological polar surface area (TPSA) is 81.9 Å². The zero-order valence-electron chi connectivity index (χ0n) is 15.3. The molecule has 0 bridgehead atoms. The van der Waals surface area contributed by atoms with Gasteiger partial charge in [-0.25, -0.2) is 9.31 Å². The summed E-state index contributed by atoms with van der Waals surface area (Å²) in [6, 6.07) is 10.8. The van der Waals surface area contributed by atoms with E-state index in [4.69, 9.17) is 9.47 Å². The van der Waals surface area contributed by atoms with Crippen LogP contribution in [0.3, 0.4) is 0 Å². The first kappa shape index (κ1) is 18.4. The van der Waals surface area contributed by atoms with Crippen LogP contribution in [0, 0.1) is 0 Å². The largest absolute Gasteiger partial charge is 0.494 e. The Morgan fingerprint density at radius 2 is 1.89 bits per heavy atom. The van der Waals surface area contributed by atoms with Crippen LogP contribution in [0.2, 0.25) is 0 Å². The molecule has 0 fully saturated rings. The van der Waals surface area contributed by atoms with Gasteiger partial charge >= 0.3 is 5.97 Å². The van der Waals surface area contributed by atoms with Crippen molar-refractivity contribution in [2.24, 2.45) is 0 Å². The van der Waals surface area contributed by atoms with Gasteiger partial charge in [0.15, 0.2) is 0 Å². The summed E-state index contributed by atoms with van der Waals surface area (Å²) in [7, 11) is 0. The first-order valence-corrected chi connectivity index (χ1v) is 8.76. The number of amides is 1. The molecule has 1 N–H and O–H groups in total. The van der Waals surface area contributed by atoms with Crippen LogP contribution in [0.1, 0.15) is 29.8 Å². The van der Waals surface area contributed by atoms with Crippen molar-refractivity contribution in [2.45, 2.75) is 20.3 Å². The minimum atomic E-state index is -0.439. The van der Waals surface area contributed by atoms with Crippen molar-refractivity contribution in [2.75, 3.05) is 18.5 Å². The molecule has 3 rings (SSSR count). The van der Waals surface area contributed by atoms with Crippen LogP contribution in [-0.4, -0.2) is 34.7 Å². The van der Waals surface area contributed by atoms with E-state index in [1.165, 1.54) is 6.20 Å². The molecule has 2 aromatic heterocycles. The van der Waals surface area contributed by atoms with E-state index in [0.717, 1.165) is 11.3 Å². The fraction of sp³-hybridized carbons (Fsp3) is 0.250. The summed E-state index contributed by atoms with van der Waals surface area (Å²) < 4.78 is 12.0. The van der Waals surface area contributed by atoms with Crippen molar-refractivity contribution < 1.29 is 19.1 Å². The lowest BCUT2D eigenvalue weighted by atomic mass is 10.1. The van der Waals surface area contributed by atoms with Crippen molar-refractivity contribution >= 4 is 23.1 Å². The Hall–Kier alpha value is -3.35. The smallest absolute Gasteiger partial charge is 0.341 e. The molecular weight excluding hydrogens is 346 g/mol. The molecule has 140 valence electrons. The molecule has 2 heterocycles. The lowest BCUT2D eigenvalue weighted by Crippen LogP contribution is -2.14. The monoisotopic (exact) mass is 367 g/mol. The molecule has 0 saturated carbocycles. The number of hydrogen-bond donors (Lipinski definition) is 1. The first-order valence-electron chi connectivity index (χ1n) is 8.76. The summed E-state index contributed by atoms with van der Waals surface area (Å²) in [6.07, 6.45) is 3.38. The maximum Gasteiger partial charge on any atom is 0.341 e. The number of pyridine rings is 1. The maximum atomic E-state index is 12.3. The molecular formula is C20H21N3O4. The number of esters is 1. The number of carbonyl (C=O) groups is 2. The van der Waals surface area contributed by atoms with Crippen molar-refractivity contribution in [1.82, 2.24) is 9.61 Å². The number of hydrogen-bond acceptors (Lipinski definition) is 5. The summed E-state index contributed by atoms with van der Waals surface area (Å²) in [5.41, 5.74) is 2.41. The van der Waals surface area contributed by atoms with Crippen molar-refractivity contribution in [3.8, 4) is 5.75 Å². The lowest BCUT2D eigenvalue weighted by Gasteiger charge is -2.08. The fourth-order valence-electron chi connectivity index (χ4n) is 2.69. The van der Waals surface area contributed by atoms with Crippen LogP contribution in [0.15, 0.2) is 48.8 Å². The SMILES string of the molecule is CCOC(=O)c1cnn2ccc(NC(=O)Cc3ccc(OCC)cc3)cc12. The summed E-state index contributed by atoms with van der Waals surface area (Å²) >= 11 is 0. The Balaban J connectivity index is 1.70. The normalized spacial score (nSPS) is 10.6. The third kappa shape index (κ3) is 4.44. The number of nitrogens with zero attached hydrogens (tertiary/aromatic N) is 2. The molecule has 0 unspecified atom stereocenters. The van der Waals surface area contributed by atoms with Gasteiger partial charge < -0.3 is 14.8 Å². The van der Waals surface area contributed by atoms with Crippen LogP contribution in [-0.2, 0) is 16.0 Å². The number of fused-ring (bicyclic) bond motifs is 1. The standard InChI is InChI=1S/C20H21N3O4/c1-3-26-16-7-5-14(6-8-16)11-19(24)22-15-9-10-23-18(12-15)17(13-21-23)20(25)27-4-2/h5-10,12-13H,3-4,11H2,1-2H3,(H,22,24). The second kappa shape index (κ2) is 8.35. The average molecular weight is 367 g/mol. The highest BCUT2D eigenvalue weighted by atomic mass is 16.5. The molecule has 7 heteroatoms. The van der Waals surface area contributed by atoms with E-state index in [-0.39, 0.29) is 18.9 Å². The van der Waals surface area contributed by atoms with Gasteiger partial charge in [0.25, 0.3) is 0 Å². The van der Waals surface area contributed by atoms with Crippen molar-refractivity contribution in [3.63, 3.8) is 0 Å². The first-order chi connectivity index (χ1) is 13.1. The Morgan fingerprint density at radius 1 is 1.11 bits per heavy atom. The summed E-state index contributed by atoms with van der Waals surface area (Å²) in [5.74, 6) is 0.186. The minimum Gasteiger partial charge on any atom is -0.494 e. The Kier molecular flexibility index (Phi) is 5.71. The number of anilines is 1. The molecule has 0 spiro atoms. The maximum absolute atomic E-state index is 12.3. The van der Waals surface area contributed by atoms with Crippen LogP contribution in [0.25, 0.3) is 5.52 Å². The minimum absolute atomic E-state index is 0.152. The molecule has 1 aromatic carbocycles. The second-order valence-corrected chi connectivity index (χ2v) is 5.83. The highest BCUT2D eigenvalue weighted by Gasteiger charge is 2.14. The molecule has 1 amide bonds. The number of aromatic nitrogens is 2. The summed E-state index contributed by atoms with van der Waals surface area (Å²) in [4.78, 5) is 24.3. The Bertz CT molecular complexity index is 948. The molecule has 0 radical (unpaired) electrons. The predicted octanol–water partition coefficient (Wildman–Crippen LogP) is 3.09. The van der Waals surface area contributed by atoms with E-state index in [2.05, 4.69) is 10.4 Å². The zero-order chi connectivity index (χ0) is 19.2. The quantitative estimate of drug-likeness (QED) is 0.649. The van der Waals surface area contributed by atoms with Gasteiger partial charge in [0.1, 0.15) is 11.3 Å². The molecule has 0 atom stereocenters. The van der Waals surface area contributed by atoms with Gasteiger partial charge in [0, 0.05) is 11.9 Å². The number of rotatable bonds is 7. The highest BCUT2D eigenvalue weighted by Crippen LogP contribution is 2.18. The highest BCUT2D eigenvalue weighted by molar-refractivity contribution is 5.98. The number of ether oxygens (including phenoxy) is 2. The molecule has 0 saturated heterocycles. The fourth-order valence-corrected chi connectivity index (χ4v) is 2.69. The van der Waals surface area contributed by atoms with Crippen LogP contribution >= 0.6 is 0 Å². The van der Waals surface area contributed by atoms with Crippen molar-refractivity contribution in [3.05, 3.63) is 59.9 Å². The summed E-state index contributed by atoms with van der Waals surface area (Å²) in [6.45, 7) is 4.56. The lowest BCUT2D eigenvalue weighted by molar-refractivity contribution is -0.115. The molecule has 0 aliphatic rings. The summed E-state index contributed by atoms with van der Waals surface area (Å²) in [5, 5.41) is 6.97. The van der Waals surface area contributed by atoms with Crippen molar-refractivity contribution in [1.29, 1.82) is 0 Å². The van der Waals surface area contributed by atoms with Crippen LogP contribution in [0.5, 0.6) is 5.75 Å². The van der Waals surface area contributed by atoms with E-state index >= 15 is 0 Å². The molecule has 0 aliphatic heterocycles. The molecule has 7 nitrogen and oxygen atoms in total. The predicted molar refractivity (Wildman–Crippen MR) is 101 cm³/mol. The van der Waals surface area contributed by atoms with Gasteiger partial charge in [0.05, 0.1) is 31.3 Å². The van der Waals surface area contributed by atoms with Gasteiger partial charge in [-0.2, -0.15) is 5.10 Å². The van der Waals surface area contributed by atoms with Gasteiger partial charge in [-0.1, -0.05) is 12.1 Å². The van der Waals surface area contributed by atoms with Gasteiger partial charge in [0.2, 0.25) is 5.91 Å². The van der Waals surface area contributed by atoms with E-state index < -0.39 is 5.97 Å². The average Bonchev–Trinajstić information content (AvgIpc) is 3.07. The molecule has 3 aromatic rings. The third-order valence-electron chi connectivity index (χ3n) is 3.90. The van der Waals surface area contributed by atoms with Gasteiger partial charge in [-0.15, -0.1) is 0 Å².